The Hall–Kier alpha value is -2.98. The SMILES string of the molecule is CCOC(=O)C(CCC1(C(C)=O)C(=O)OC(C)(C)OC1=O)(NC(C)=O)C(=O)OCC. The lowest BCUT2D eigenvalue weighted by Gasteiger charge is -2.40. The summed E-state index contributed by atoms with van der Waals surface area (Å²) in [5.41, 5.74) is -4.80. The maximum Gasteiger partial charge on any atom is 0.343 e. The Morgan fingerprint density at radius 1 is 0.933 bits per heavy atom. The molecule has 0 aromatic heterocycles. The van der Waals surface area contributed by atoms with Crippen LogP contribution in [0.5, 0.6) is 0 Å². The van der Waals surface area contributed by atoms with Crippen LogP contribution in [0.15, 0.2) is 0 Å². The zero-order valence-corrected chi connectivity index (χ0v) is 17.9. The van der Waals surface area contributed by atoms with Crippen molar-refractivity contribution in [2.24, 2.45) is 5.41 Å². The number of nitrogens with one attached hydrogen (secondary N) is 1. The number of hydrogen-bond acceptors (Lipinski definition) is 10. The van der Waals surface area contributed by atoms with Crippen molar-refractivity contribution in [3.8, 4) is 0 Å². The Kier molecular flexibility index (Phi) is 7.71. The number of carbonyl (C=O) groups is 6. The molecule has 1 fully saturated rings. The molecule has 0 aromatic carbocycles. The van der Waals surface area contributed by atoms with Crippen LogP contribution in [-0.4, -0.2) is 60.1 Å². The number of hydrogen-bond donors (Lipinski definition) is 1. The van der Waals surface area contributed by atoms with Gasteiger partial charge in [0.05, 0.1) is 13.2 Å². The van der Waals surface area contributed by atoms with Crippen molar-refractivity contribution in [1.29, 1.82) is 0 Å². The number of ether oxygens (including phenoxy) is 4. The molecule has 0 saturated carbocycles. The molecule has 0 aromatic rings. The smallest absolute Gasteiger partial charge is 0.343 e. The standard InChI is InChI=1S/C19H27NO10/c1-7-27-15(25)19(20-12(4)22,16(26)28-8-2)10-9-18(11(3)21)13(23)29-17(5,6)30-14(18)24/h7-10H2,1-6H3,(H,20,22). The Morgan fingerprint density at radius 3 is 1.70 bits per heavy atom. The molecule has 168 valence electrons. The molecule has 11 heteroatoms. The van der Waals surface area contributed by atoms with Gasteiger partial charge in [0, 0.05) is 20.8 Å². The van der Waals surface area contributed by atoms with E-state index in [1.54, 1.807) is 0 Å². The second-order valence-corrected chi connectivity index (χ2v) is 7.17. The zero-order chi connectivity index (χ0) is 23.3. The van der Waals surface area contributed by atoms with Gasteiger partial charge in [0.15, 0.2) is 5.78 Å². The van der Waals surface area contributed by atoms with Gasteiger partial charge in [-0.1, -0.05) is 0 Å². The number of esters is 4. The summed E-state index contributed by atoms with van der Waals surface area (Å²) in [6.45, 7) is 7.37. The predicted molar refractivity (Wildman–Crippen MR) is 98.4 cm³/mol. The van der Waals surface area contributed by atoms with Gasteiger partial charge in [-0.2, -0.15) is 0 Å². The van der Waals surface area contributed by atoms with Crippen molar-refractivity contribution < 1.29 is 47.7 Å². The van der Waals surface area contributed by atoms with Crippen LogP contribution in [-0.2, 0) is 47.7 Å². The summed E-state index contributed by atoms with van der Waals surface area (Å²) >= 11 is 0. The molecule has 1 N–H and O–H groups in total. The minimum Gasteiger partial charge on any atom is -0.464 e. The molecule has 0 radical (unpaired) electrons. The highest BCUT2D eigenvalue weighted by Crippen LogP contribution is 2.39. The summed E-state index contributed by atoms with van der Waals surface area (Å²) < 4.78 is 20.0. The molecule has 0 spiro atoms. The maximum absolute atomic E-state index is 12.7. The first kappa shape index (κ1) is 25.1. The molecular weight excluding hydrogens is 402 g/mol. The summed E-state index contributed by atoms with van der Waals surface area (Å²) in [4.78, 5) is 74.8. The number of rotatable bonds is 9. The normalized spacial score (nSPS) is 17.3. The molecule has 30 heavy (non-hydrogen) atoms. The Balaban J connectivity index is 3.46. The average Bonchev–Trinajstić information content (AvgIpc) is 2.58. The van der Waals surface area contributed by atoms with Crippen LogP contribution in [0.3, 0.4) is 0 Å². The molecule has 1 amide bonds. The second-order valence-electron chi connectivity index (χ2n) is 7.17. The highest BCUT2D eigenvalue weighted by Gasteiger charge is 2.62. The lowest BCUT2D eigenvalue weighted by molar-refractivity contribution is -0.249. The van der Waals surface area contributed by atoms with Crippen molar-refractivity contribution >= 4 is 35.6 Å². The van der Waals surface area contributed by atoms with Gasteiger partial charge in [0.1, 0.15) is 0 Å². The molecule has 11 nitrogen and oxygen atoms in total. The zero-order valence-electron chi connectivity index (χ0n) is 17.9. The van der Waals surface area contributed by atoms with E-state index in [9.17, 15) is 28.8 Å². The predicted octanol–water partition coefficient (Wildman–Crippen LogP) is 0.179. The number of cyclic esters (lactones) is 2. The molecule has 0 unspecified atom stereocenters. The third-order valence-corrected chi connectivity index (χ3v) is 4.49. The number of amides is 1. The minimum absolute atomic E-state index is 0.129. The minimum atomic E-state index is -2.42. The lowest BCUT2D eigenvalue weighted by atomic mass is 9.75. The van der Waals surface area contributed by atoms with Gasteiger partial charge in [-0.25, -0.2) is 9.59 Å². The maximum atomic E-state index is 12.7. The molecule has 1 aliphatic rings. The molecular formula is C19H27NO10. The summed E-state index contributed by atoms with van der Waals surface area (Å²) in [5.74, 6) is -7.95. The van der Waals surface area contributed by atoms with Gasteiger partial charge >= 0.3 is 23.9 Å². The average molecular weight is 429 g/mol. The first-order valence-corrected chi connectivity index (χ1v) is 9.40. The van der Waals surface area contributed by atoms with E-state index in [0.717, 1.165) is 13.8 Å². The van der Waals surface area contributed by atoms with Crippen molar-refractivity contribution in [3.05, 3.63) is 0 Å². The van der Waals surface area contributed by atoms with Crippen molar-refractivity contribution in [2.75, 3.05) is 13.2 Å². The topological polar surface area (TPSA) is 151 Å². The number of Topliss-reactive ketones (excluding diaryl/α,β-unsaturated/α-hetero) is 1. The van der Waals surface area contributed by atoms with E-state index in [1.807, 2.05) is 0 Å². The van der Waals surface area contributed by atoms with Gasteiger partial charge < -0.3 is 24.3 Å². The highest BCUT2D eigenvalue weighted by atomic mass is 16.7. The van der Waals surface area contributed by atoms with E-state index in [-0.39, 0.29) is 13.2 Å². The van der Waals surface area contributed by atoms with Crippen LogP contribution in [0.4, 0.5) is 0 Å². The largest absolute Gasteiger partial charge is 0.464 e. The van der Waals surface area contributed by atoms with E-state index < -0.39 is 65.2 Å². The van der Waals surface area contributed by atoms with Crippen molar-refractivity contribution in [1.82, 2.24) is 5.32 Å². The summed E-state index contributed by atoms with van der Waals surface area (Å²) in [6, 6.07) is 0. The van der Waals surface area contributed by atoms with Crippen LogP contribution in [0.25, 0.3) is 0 Å². The molecule has 1 heterocycles. The van der Waals surface area contributed by atoms with E-state index in [2.05, 4.69) is 5.32 Å². The fourth-order valence-electron chi connectivity index (χ4n) is 3.03. The van der Waals surface area contributed by atoms with Gasteiger partial charge in [-0.3, -0.25) is 19.2 Å². The van der Waals surface area contributed by atoms with Crippen LogP contribution in [0.1, 0.15) is 54.4 Å². The lowest BCUT2D eigenvalue weighted by Crippen LogP contribution is -2.63. The molecule has 1 aliphatic heterocycles. The van der Waals surface area contributed by atoms with Gasteiger partial charge in [0.25, 0.3) is 5.79 Å². The van der Waals surface area contributed by atoms with Gasteiger partial charge in [-0.05, 0) is 33.6 Å². The van der Waals surface area contributed by atoms with Crippen molar-refractivity contribution in [3.63, 3.8) is 0 Å². The van der Waals surface area contributed by atoms with E-state index >= 15 is 0 Å². The summed E-state index contributed by atoms with van der Waals surface area (Å²) in [7, 11) is 0. The quantitative estimate of drug-likeness (QED) is 0.305. The first-order valence-electron chi connectivity index (χ1n) is 9.40. The highest BCUT2D eigenvalue weighted by molar-refractivity contribution is 6.20. The van der Waals surface area contributed by atoms with E-state index in [0.29, 0.717) is 0 Å². The Bertz CT molecular complexity index is 716. The molecule has 0 bridgehead atoms. The van der Waals surface area contributed by atoms with E-state index in [4.69, 9.17) is 18.9 Å². The van der Waals surface area contributed by atoms with Crippen LogP contribution < -0.4 is 5.32 Å². The third-order valence-electron chi connectivity index (χ3n) is 4.49. The van der Waals surface area contributed by atoms with Crippen LogP contribution in [0, 0.1) is 5.41 Å². The Morgan fingerprint density at radius 2 is 1.37 bits per heavy atom. The molecule has 1 rings (SSSR count). The monoisotopic (exact) mass is 429 g/mol. The van der Waals surface area contributed by atoms with Crippen molar-refractivity contribution in [2.45, 2.75) is 65.7 Å². The molecule has 1 saturated heterocycles. The second kappa shape index (κ2) is 9.23. The molecule has 0 atom stereocenters. The summed E-state index contributed by atoms with van der Waals surface area (Å²) in [6.07, 6.45) is -1.33. The fourth-order valence-corrected chi connectivity index (χ4v) is 3.03. The fraction of sp³-hybridized carbons (Fsp3) is 0.684. The third kappa shape index (κ3) is 4.77. The van der Waals surface area contributed by atoms with Gasteiger partial charge in [0.2, 0.25) is 16.9 Å². The van der Waals surface area contributed by atoms with Crippen LogP contribution >= 0.6 is 0 Å². The number of ketones is 1. The van der Waals surface area contributed by atoms with Gasteiger partial charge in [-0.15, -0.1) is 0 Å². The van der Waals surface area contributed by atoms with Crippen LogP contribution in [0.2, 0.25) is 0 Å². The summed E-state index contributed by atoms with van der Waals surface area (Å²) in [5, 5.41) is 2.20. The number of carbonyl (C=O) groups excluding carboxylic acids is 6. The Labute approximate surface area is 173 Å². The van der Waals surface area contributed by atoms with E-state index in [1.165, 1.54) is 27.7 Å². The molecule has 0 aliphatic carbocycles. The first-order chi connectivity index (χ1) is 13.8.